The van der Waals surface area contributed by atoms with Crippen LogP contribution in [-0.4, -0.2) is 51.4 Å². The van der Waals surface area contributed by atoms with Gasteiger partial charge < -0.3 is 20.6 Å². The summed E-state index contributed by atoms with van der Waals surface area (Å²) in [5.74, 6) is -1.30. The van der Waals surface area contributed by atoms with Crippen molar-refractivity contribution in [3.8, 4) is 0 Å². The van der Waals surface area contributed by atoms with Crippen LogP contribution in [0.4, 0.5) is 0 Å². The maximum Gasteiger partial charge on any atom is 0.249 e. The summed E-state index contributed by atoms with van der Waals surface area (Å²) in [5.41, 5.74) is 2.19. The molecule has 6 heteroatoms. The van der Waals surface area contributed by atoms with E-state index in [1.807, 2.05) is 19.9 Å². The van der Waals surface area contributed by atoms with E-state index in [2.05, 4.69) is 5.32 Å². The first-order chi connectivity index (χ1) is 14.0. The van der Waals surface area contributed by atoms with Gasteiger partial charge in [-0.15, -0.1) is 0 Å². The second-order valence-electron chi connectivity index (χ2n) is 7.93. The van der Waals surface area contributed by atoms with Crippen molar-refractivity contribution >= 4 is 11.7 Å². The first-order valence-electron chi connectivity index (χ1n) is 10.3. The average Bonchev–Trinajstić information content (AvgIpc) is 2.70. The molecular weight excluding hydrogens is 382 g/mol. The van der Waals surface area contributed by atoms with Gasteiger partial charge >= 0.3 is 0 Å². The Morgan fingerprint density at radius 3 is 2.13 bits per heavy atom. The van der Waals surface area contributed by atoms with Crippen LogP contribution in [0.3, 0.4) is 0 Å². The van der Waals surface area contributed by atoms with Gasteiger partial charge in [-0.1, -0.05) is 60.6 Å². The van der Waals surface area contributed by atoms with Crippen LogP contribution in [0, 0.1) is 5.92 Å². The lowest BCUT2D eigenvalue weighted by Crippen LogP contribution is -2.45. The zero-order valence-corrected chi connectivity index (χ0v) is 18.5. The first kappa shape index (κ1) is 25.8. The number of ketones is 1. The van der Waals surface area contributed by atoms with Crippen molar-refractivity contribution in [2.24, 2.45) is 5.92 Å². The number of rotatable bonds is 2. The summed E-state index contributed by atoms with van der Waals surface area (Å²) in [4.78, 5) is 24.9. The van der Waals surface area contributed by atoms with Gasteiger partial charge in [-0.2, -0.15) is 0 Å². The van der Waals surface area contributed by atoms with E-state index < -0.39 is 36.2 Å². The van der Waals surface area contributed by atoms with Crippen molar-refractivity contribution < 1.29 is 24.9 Å². The van der Waals surface area contributed by atoms with Crippen molar-refractivity contribution in [2.75, 3.05) is 0 Å². The quantitative estimate of drug-likeness (QED) is 0.552. The van der Waals surface area contributed by atoms with E-state index >= 15 is 0 Å². The summed E-state index contributed by atoms with van der Waals surface area (Å²) < 4.78 is 0. The Balaban J connectivity index is 3.30. The van der Waals surface area contributed by atoms with Crippen molar-refractivity contribution in [1.82, 2.24) is 5.32 Å². The number of Topliss-reactive ketones (excluding diaryl/α,β-unsaturated/α-hetero) is 1. The van der Waals surface area contributed by atoms with Crippen LogP contribution in [0.5, 0.6) is 0 Å². The molecule has 30 heavy (non-hydrogen) atoms. The third-order valence-electron chi connectivity index (χ3n) is 4.98. The Labute approximate surface area is 179 Å². The van der Waals surface area contributed by atoms with Crippen LogP contribution in [0.25, 0.3) is 0 Å². The lowest BCUT2D eigenvalue weighted by molar-refractivity contribution is -0.129. The monoisotopic (exact) mass is 417 g/mol. The molecule has 0 aromatic heterocycles. The fraction of sp³-hybridized carbons (Fsp3) is 0.500. The Morgan fingerprint density at radius 2 is 1.57 bits per heavy atom. The molecule has 0 saturated carbocycles. The number of aliphatic hydroxyl groups excluding tert-OH is 3. The zero-order valence-electron chi connectivity index (χ0n) is 18.5. The Bertz CT molecular complexity index is 758. The van der Waals surface area contributed by atoms with E-state index in [1.165, 1.54) is 6.92 Å². The predicted octanol–water partition coefficient (Wildman–Crippen LogP) is 2.52. The van der Waals surface area contributed by atoms with Crippen LogP contribution in [0.15, 0.2) is 59.3 Å². The summed E-state index contributed by atoms with van der Waals surface area (Å²) in [6.07, 6.45) is 10.2. The minimum Gasteiger partial charge on any atom is -0.389 e. The first-order valence-corrected chi connectivity index (χ1v) is 10.3. The molecule has 0 bridgehead atoms. The van der Waals surface area contributed by atoms with Crippen LogP contribution in [-0.2, 0) is 9.59 Å². The summed E-state index contributed by atoms with van der Waals surface area (Å²) >= 11 is 0. The third-order valence-corrected chi connectivity index (χ3v) is 4.98. The van der Waals surface area contributed by atoms with Gasteiger partial charge in [0.1, 0.15) is 6.10 Å². The highest BCUT2D eigenvalue weighted by atomic mass is 16.3. The molecule has 5 atom stereocenters. The molecule has 0 radical (unpaired) electrons. The molecule has 4 N–H and O–H groups in total. The summed E-state index contributed by atoms with van der Waals surface area (Å²) in [5, 5.41) is 32.6. The molecule has 0 saturated heterocycles. The number of carbonyl (C=O) groups is 2. The van der Waals surface area contributed by atoms with Crippen molar-refractivity contribution in [1.29, 1.82) is 0 Å². The molecule has 5 unspecified atom stereocenters. The van der Waals surface area contributed by atoms with Crippen LogP contribution in [0.1, 0.15) is 47.5 Å². The van der Waals surface area contributed by atoms with E-state index in [4.69, 9.17) is 0 Å². The van der Waals surface area contributed by atoms with Crippen LogP contribution >= 0.6 is 0 Å². The van der Waals surface area contributed by atoms with Gasteiger partial charge in [-0.25, -0.2) is 0 Å². The predicted molar refractivity (Wildman–Crippen MR) is 119 cm³/mol. The Kier molecular flexibility index (Phi) is 10.7. The fourth-order valence-corrected chi connectivity index (χ4v) is 2.91. The van der Waals surface area contributed by atoms with Crippen LogP contribution in [0.2, 0.25) is 0 Å². The number of hydrogen-bond donors (Lipinski definition) is 4. The molecule has 1 aliphatic rings. The highest BCUT2D eigenvalue weighted by Gasteiger charge is 2.26. The molecule has 166 valence electrons. The van der Waals surface area contributed by atoms with E-state index in [-0.39, 0.29) is 12.2 Å². The van der Waals surface area contributed by atoms with Crippen LogP contribution < -0.4 is 5.32 Å². The second-order valence-corrected chi connectivity index (χ2v) is 7.93. The van der Waals surface area contributed by atoms with Gasteiger partial charge in [-0.05, 0) is 46.1 Å². The van der Waals surface area contributed by atoms with Gasteiger partial charge in [0.05, 0.1) is 18.2 Å². The lowest BCUT2D eigenvalue weighted by atomic mass is 9.90. The number of nitrogens with one attached hydrogen (secondary N) is 1. The normalized spacial score (nSPS) is 28.1. The van der Waals surface area contributed by atoms with E-state index in [1.54, 1.807) is 50.3 Å². The lowest BCUT2D eigenvalue weighted by Gasteiger charge is -2.23. The zero-order chi connectivity index (χ0) is 22.8. The number of allylic oxidation sites excluding steroid dienone is 5. The fourth-order valence-electron chi connectivity index (χ4n) is 2.91. The maximum atomic E-state index is 12.9. The standard InChI is InChI=1S/C24H35NO5/c1-15-6-10-20(27)12-8-16(2)14-22(25-24(30)19(5)26)18(4)23(29)17(3)9-13-21(28)11-7-15/h6-9,11-12,14,18-22,26-28H,10,13H2,1-5H3,(H,25,30). The van der Waals surface area contributed by atoms with Crippen molar-refractivity contribution in [3.05, 3.63) is 59.3 Å². The Morgan fingerprint density at radius 1 is 1.03 bits per heavy atom. The molecule has 6 nitrogen and oxygen atoms in total. The van der Waals surface area contributed by atoms with Gasteiger partial charge in [0.15, 0.2) is 5.78 Å². The van der Waals surface area contributed by atoms with E-state index in [9.17, 15) is 24.9 Å². The largest absolute Gasteiger partial charge is 0.389 e. The highest BCUT2D eigenvalue weighted by Crippen LogP contribution is 2.16. The maximum absolute atomic E-state index is 12.9. The number of amides is 1. The molecule has 0 aromatic rings. The molecular formula is C24H35NO5. The second kappa shape index (κ2) is 12.4. The minimum atomic E-state index is -1.20. The van der Waals surface area contributed by atoms with Gasteiger partial charge in [0, 0.05) is 5.92 Å². The third kappa shape index (κ3) is 9.03. The summed E-state index contributed by atoms with van der Waals surface area (Å²) in [7, 11) is 0. The molecule has 1 rings (SSSR count). The topological polar surface area (TPSA) is 107 Å². The number of carbonyl (C=O) groups excluding carboxylic acids is 2. The molecule has 1 amide bonds. The number of hydrogen-bond acceptors (Lipinski definition) is 5. The molecule has 1 aliphatic carbocycles. The summed E-state index contributed by atoms with van der Waals surface area (Å²) in [6, 6.07) is -0.632. The van der Waals surface area contributed by atoms with E-state index in [0.717, 1.165) is 11.1 Å². The summed E-state index contributed by atoms with van der Waals surface area (Å²) in [6.45, 7) is 8.48. The molecule has 0 spiro atoms. The highest BCUT2D eigenvalue weighted by molar-refractivity contribution is 5.97. The minimum absolute atomic E-state index is 0.157. The molecule has 0 aliphatic heterocycles. The van der Waals surface area contributed by atoms with Gasteiger partial charge in [0.2, 0.25) is 5.91 Å². The SMILES string of the molecule is CC1=CCC(O)C=CC(C)=CC(NC(=O)C(C)O)C(C)C(=O)C(C)=CCC(O)C=C1. The molecule has 0 fully saturated rings. The Hall–Kier alpha value is -2.28. The number of aliphatic hydroxyl groups is 3. The van der Waals surface area contributed by atoms with E-state index in [0.29, 0.717) is 12.0 Å². The van der Waals surface area contributed by atoms with Crippen molar-refractivity contribution in [2.45, 2.75) is 71.8 Å². The average molecular weight is 418 g/mol. The molecule has 0 aromatic carbocycles. The van der Waals surface area contributed by atoms with Crippen molar-refractivity contribution in [3.63, 3.8) is 0 Å². The molecule has 0 heterocycles. The van der Waals surface area contributed by atoms with Gasteiger partial charge in [0.25, 0.3) is 0 Å². The van der Waals surface area contributed by atoms with Gasteiger partial charge in [-0.3, -0.25) is 9.59 Å². The smallest absolute Gasteiger partial charge is 0.249 e.